The molecule has 3 rings (SSSR count). The number of hydrogen-bond donors (Lipinski definition) is 0. The number of hydrogen-bond acceptors (Lipinski definition) is 6. The van der Waals surface area contributed by atoms with Crippen molar-refractivity contribution in [3.8, 4) is 11.5 Å². The van der Waals surface area contributed by atoms with E-state index in [4.69, 9.17) is 18.9 Å². The minimum absolute atomic E-state index is 0.0486. The zero-order chi connectivity index (χ0) is 30.6. The minimum atomic E-state index is -0.0486. The summed E-state index contributed by atoms with van der Waals surface area (Å²) in [6.07, 6.45) is 19.2. The molecule has 1 aliphatic carbocycles. The predicted octanol–water partition coefficient (Wildman–Crippen LogP) is 8.94. The number of nitrogens with zero attached hydrogens (tertiary/aromatic N) is 1. The van der Waals surface area contributed by atoms with Gasteiger partial charge in [-0.15, -0.1) is 0 Å². The van der Waals surface area contributed by atoms with Crippen LogP contribution in [0.15, 0.2) is 84.8 Å². The summed E-state index contributed by atoms with van der Waals surface area (Å²) in [7, 11) is 1.71. The molecule has 2 aromatic rings. The number of allylic oxidation sites excluding steroid dienone is 4. The molecule has 0 saturated carbocycles. The van der Waals surface area contributed by atoms with Gasteiger partial charge in [0.25, 0.3) is 0 Å². The molecule has 1 aromatic carbocycles. The van der Waals surface area contributed by atoms with Gasteiger partial charge in [0.15, 0.2) is 17.3 Å². The number of aromatic nitrogens is 1. The van der Waals surface area contributed by atoms with Gasteiger partial charge in [-0.05, 0) is 85.4 Å². The van der Waals surface area contributed by atoms with Gasteiger partial charge in [0.05, 0.1) is 20.3 Å². The number of pyridine rings is 1. The van der Waals surface area contributed by atoms with Gasteiger partial charge in [-0.1, -0.05) is 63.8 Å². The van der Waals surface area contributed by atoms with Crippen LogP contribution in [0.3, 0.4) is 0 Å². The van der Waals surface area contributed by atoms with Gasteiger partial charge in [-0.3, -0.25) is 9.78 Å². The number of Topliss-reactive ketones (excluding diaryl/α,β-unsaturated/α-hetero) is 1. The second-order valence-electron chi connectivity index (χ2n) is 10.2. The van der Waals surface area contributed by atoms with Crippen LogP contribution in [0.25, 0.3) is 0 Å². The van der Waals surface area contributed by atoms with Crippen molar-refractivity contribution < 1.29 is 23.7 Å². The van der Waals surface area contributed by atoms with E-state index in [1.165, 1.54) is 24.5 Å². The maximum atomic E-state index is 11.2. The fraction of sp³-hybridized carbons (Fsp3) is 0.444. The first-order valence-corrected chi connectivity index (χ1v) is 15.1. The lowest BCUT2D eigenvalue weighted by molar-refractivity contribution is 0.0890. The van der Waals surface area contributed by atoms with Crippen molar-refractivity contribution >= 4 is 5.78 Å². The Hall–Kier alpha value is -3.64. The van der Waals surface area contributed by atoms with Crippen LogP contribution in [0.1, 0.15) is 93.8 Å². The average molecular weight is 576 g/mol. The summed E-state index contributed by atoms with van der Waals surface area (Å²) in [5.41, 5.74) is 3.88. The van der Waals surface area contributed by atoms with E-state index in [0.29, 0.717) is 43.8 Å². The third-order valence-electron chi connectivity index (χ3n) is 6.79. The van der Waals surface area contributed by atoms with Crippen LogP contribution in [0, 0.1) is 0 Å². The maximum Gasteiger partial charge on any atom is 0.178 e. The summed E-state index contributed by atoms with van der Waals surface area (Å²) >= 11 is 0. The lowest BCUT2D eigenvalue weighted by atomic mass is 9.94. The molecule has 0 unspecified atom stereocenters. The van der Waals surface area contributed by atoms with Crippen molar-refractivity contribution in [2.45, 2.75) is 78.7 Å². The Kier molecular flexibility index (Phi) is 16.7. The standard InChI is InChI=1S/C22H30O2.C14H19NO3/c1-4-19(5-2)20-14-15-21(22(16-20)23-3)24-17-18-12-10-8-6-7-9-11-13-18;1-4-7-18-11(2)9-17-10-13-5-6-15-14(8-13)12(3)16/h8,10-16,19H,4-7,9,17H2,1-3H3;5-6,8H,2,4,7,9-10H2,1,3H3/b10-8+,13-11-,18-12+;. The highest BCUT2D eigenvalue weighted by atomic mass is 16.5. The van der Waals surface area contributed by atoms with E-state index in [9.17, 15) is 4.79 Å². The monoisotopic (exact) mass is 575 g/mol. The maximum absolute atomic E-state index is 11.2. The van der Waals surface area contributed by atoms with Gasteiger partial charge in [-0.2, -0.15) is 0 Å². The number of methoxy groups -OCH3 is 1. The van der Waals surface area contributed by atoms with E-state index in [1.807, 2.05) is 19.1 Å². The molecule has 0 aliphatic heterocycles. The highest BCUT2D eigenvalue weighted by Crippen LogP contribution is 2.33. The van der Waals surface area contributed by atoms with Crippen molar-refractivity contribution in [2.24, 2.45) is 0 Å². The van der Waals surface area contributed by atoms with Crippen LogP contribution in [-0.2, 0) is 16.1 Å². The van der Waals surface area contributed by atoms with E-state index < -0.39 is 0 Å². The third kappa shape index (κ3) is 12.9. The molecular weight excluding hydrogens is 526 g/mol. The Morgan fingerprint density at radius 2 is 1.81 bits per heavy atom. The third-order valence-corrected chi connectivity index (χ3v) is 6.79. The Bertz CT molecular complexity index is 1190. The number of carbonyl (C=O) groups excluding carboxylic acids is 1. The van der Waals surface area contributed by atoms with Gasteiger partial charge in [0.1, 0.15) is 24.7 Å². The van der Waals surface area contributed by atoms with Gasteiger partial charge in [0.2, 0.25) is 0 Å². The molecular formula is C36H49NO5. The zero-order valence-electron chi connectivity index (χ0n) is 26.2. The molecule has 6 heteroatoms. The Labute approximate surface area is 253 Å². The summed E-state index contributed by atoms with van der Waals surface area (Å²) in [6, 6.07) is 9.89. The van der Waals surface area contributed by atoms with Crippen LogP contribution < -0.4 is 9.47 Å². The molecule has 0 saturated heterocycles. The number of rotatable bonds is 15. The van der Waals surface area contributed by atoms with E-state index in [-0.39, 0.29) is 5.78 Å². The summed E-state index contributed by atoms with van der Waals surface area (Å²) in [4.78, 5) is 15.1. The first-order valence-electron chi connectivity index (χ1n) is 15.1. The summed E-state index contributed by atoms with van der Waals surface area (Å²) in [6.45, 7) is 13.7. The Morgan fingerprint density at radius 1 is 1.02 bits per heavy atom. The van der Waals surface area contributed by atoms with Crippen LogP contribution in [0.2, 0.25) is 0 Å². The molecule has 0 amide bonds. The lowest BCUT2D eigenvalue weighted by Crippen LogP contribution is -2.03. The number of carbonyl (C=O) groups is 1. The lowest BCUT2D eigenvalue weighted by Gasteiger charge is -2.16. The fourth-order valence-electron chi connectivity index (χ4n) is 4.33. The second-order valence-corrected chi connectivity index (χ2v) is 10.2. The number of ether oxygens (including phenoxy) is 4. The van der Waals surface area contributed by atoms with Crippen molar-refractivity contribution in [3.63, 3.8) is 0 Å². The van der Waals surface area contributed by atoms with Gasteiger partial charge in [0, 0.05) is 13.1 Å². The summed E-state index contributed by atoms with van der Waals surface area (Å²) in [5, 5.41) is 0. The molecule has 1 heterocycles. The van der Waals surface area contributed by atoms with Crippen LogP contribution in [-0.4, -0.2) is 37.7 Å². The van der Waals surface area contributed by atoms with Gasteiger partial charge in [-0.25, -0.2) is 0 Å². The molecule has 0 N–H and O–H groups in total. The topological polar surface area (TPSA) is 66.9 Å². The SMILES string of the molecule is C=C(COCc1ccnc(C(C)=O)c1)OCCC.CCC(CC)c1ccc(OCC2=C/C=C/CCC/C=C\2)c(OC)c1. The van der Waals surface area contributed by atoms with E-state index in [0.717, 1.165) is 49.2 Å². The normalized spacial score (nSPS) is 15.5. The van der Waals surface area contributed by atoms with Crippen molar-refractivity contribution in [1.29, 1.82) is 0 Å². The molecule has 228 valence electrons. The summed E-state index contributed by atoms with van der Waals surface area (Å²) < 4.78 is 22.3. The first kappa shape index (κ1) is 34.6. The Morgan fingerprint density at radius 3 is 2.52 bits per heavy atom. The van der Waals surface area contributed by atoms with E-state index in [2.05, 4.69) is 67.9 Å². The predicted molar refractivity (Wildman–Crippen MR) is 171 cm³/mol. The molecule has 0 spiro atoms. The molecule has 0 fully saturated rings. The number of ketones is 1. The minimum Gasteiger partial charge on any atom is -0.496 e. The molecule has 0 bridgehead atoms. The van der Waals surface area contributed by atoms with Gasteiger partial charge >= 0.3 is 0 Å². The fourth-order valence-corrected chi connectivity index (χ4v) is 4.33. The molecule has 6 nitrogen and oxygen atoms in total. The van der Waals surface area contributed by atoms with Crippen molar-refractivity contribution in [2.75, 3.05) is 26.9 Å². The van der Waals surface area contributed by atoms with Crippen LogP contribution in [0.4, 0.5) is 0 Å². The molecule has 0 atom stereocenters. The second kappa shape index (κ2) is 20.3. The summed E-state index contributed by atoms with van der Waals surface area (Å²) in [5.74, 6) is 2.79. The van der Waals surface area contributed by atoms with Crippen molar-refractivity contribution in [1.82, 2.24) is 4.98 Å². The zero-order valence-corrected chi connectivity index (χ0v) is 26.2. The average Bonchev–Trinajstić information content (AvgIpc) is 3.14. The molecule has 1 aromatic heterocycles. The molecule has 0 radical (unpaired) electrons. The Balaban J connectivity index is 0.000000307. The largest absolute Gasteiger partial charge is 0.496 e. The number of benzene rings is 1. The highest BCUT2D eigenvalue weighted by Gasteiger charge is 2.12. The molecule has 1 aliphatic rings. The highest BCUT2D eigenvalue weighted by molar-refractivity contribution is 5.92. The van der Waals surface area contributed by atoms with Gasteiger partial charge < -0.3 is 18.9 Å². The van der Waals surface area contributed by atoms with E-state index >= 15 is 0 Å². The van der Waals surface area contributed by atoms with Crippen molar-refractivity contribution in [3.05, 3.63) is 102 Å². The van der Waals surface area contributed by atoms with E-state index in [1.54, 1.807) is 19.4 Å². The van der Waals surface area contributed by atoms with Crippen LogP contribution in [0.5, 0.6) is 11.5 Å². The van der Waals surface area contributed by atoms with Crippen LogP contribution >= 0.6 is 0 Å². The quantitative estimate of drug-likeness (QED) is 0.156. The molecule has 42 heavy (non-hydrogen) atoms. The smallest absolute Gasteiger partial charge is 0.178 e. The first-order chi connectivity index (χ1) is 20.4.